The molecule has 0 radical (unpaired) electrons. The van der Waals surface area contributed by atoms with Crippen molar-refractivity contribution in [2.75, 3.05) is 39.9 Å². The number of hydrogen-bond donors (Lipinski definition) is 2. The number of methoxy groups -OCH3 is 3. The number of unbranched alkanes of at least 4 members (excludes halogenated alkanes) is 2. The molecule has 1 aromatic rings. The Kier molecular flexibility index (Phi) is 9.20. The molecule has 8 heteroatoms. The third kappa shape index (κ3) is 5.56. The van der Waals surface area contributed by atoms with Gasteiger partial charge in [0.1, 0.15) is 34.6 Å². The fraction of sp³-hybridized carbons (Fsp3) is 0.682. The van der Waals surface area contributed by atoms with Crippen LogP contribution in [0.3, 0.4) is 0 Å². The molecule has 0 aliphatic carbocycles. The molecule has 8 nitrogen and oxygen atoms in total. The van der Waals surface area contributed by atoms with Gasteiger partial charge in [-0.1, -0.05) is 33.1 Å². The number of benzene rings is 1. The van der Waals surface area contributed by atoms with Gasteiger partial charge in [0.2, 0.25) is 0 Å². The summed E-state index contributed by atoms with van der Waals surface area (Å²) in [6.45, 7) is 4.62. The van der Waals surface area contributed by atoms with Crippen molar-refractivity contribution in [2.24, 2.45) is 0 Å². The van der Waals surface area contributed by atoms with Gasteiger partial charge in [0.15, 0.2) is 6.10 Å². The summed E-state index contributed by atoms with van der Waals surface area (Å²) in [7, 11) is 4.53. The second-order valence-corrected chi connectivity index (χ2v) is 7.48. The average molecular weight is 426 g/mol. The van der Waals surface area contributed by atoms with Crippen LogP contribution in [0.15, 0.2) is 12.1 Å². The number of aliphatic hydroxyl groups is 1. The first-order valence-corrected chi connectivity index (χ1v) is 10.5. The quantitative estimate of drug-likeness (QED) is 0.497. The van der Waals surface area contributed by atoms with Crippen LogP contribution in [-0.2, 0) is 14.3 Å². The van der Waals surface area contributed by atoms with Gasteiger partial charge in [0.05, 0.1) is 27.9 Å². The standard InChI is InChI=1S/C22H35NO7/c1-6-8-10-22(25)14-30-19(20(22)29-11-9-7-2)21(24)23-18-16(27-4)12-15(26-3)13-17(18)28-5/h12-13,19-20,25H,6-11,14H2,1-5H3,(H,23,24)/t19-,20-,22-/m0/s1. The molecule has 1 saturated heterocycles. The molecule has 1 aromatic carbocycles. The lowest BCUT2D eigenvalue weighted by Crippen LogP contribution is -2.49. The summed E-state index contributed by atoms with van der Waals surface area (Å²) in [6.07, 6.45) is 2.38. The summed E-state index contributed by atoms with van der Waals surface area (Å²) in [6, 6.07) is 3.31. The van der Waals surface area contributed by atoms with E-state index in [2.05, 4.69) is 19.2 Å². The molecule has 3 atom stereocenters. The Labute approximate surface area is 178 Å². The first kappa shape index (κ1) is 24.2. The molecule has 2 rings (SSSR count). The second-order valence-electron chi connectivity index (χ2n) is 7.48. The van der Waals surface area contributed by atoms with Crippen molar-refractivity contribution >= 4 is 11.6 Å². The molecule has 0 spiro atoms. The lowest BCUT2D eigenvalue weighted by molar-refractivity contribution is -0.134. The van der Waals surface area contributed by atoms with Crippen molar-refractivity contribution in [1.29, 1.82) is 0 Å². The average Bonchev–Trinajstić information content (AvgIpc) is 3.09. The number of carbonyl (C=O) groups is 1. The zero-order chi connectivity index (χ0) is 22.1. The van der Waals surface area contributed by atoms with Crippen LogP contribution in [0.2, 0.25) is 0 Å². The number of amides is 1. The topological polar surface area (TPSA) is 95.5 Å². The van der Waals surface area contributed by atoms with E-state index < -0.39 is 23.7 Å². The van der Waals surface area contributed by atoms with Gasteiger partial charge in [0, 0.05) is 18.7 Å². The van der Waals surface area contributed by atoms with Gasteiger partial charge < -0.3 is 34.1 Å². The Morgan fingerprint density at radius 3 is 2.30 bits per heavy atom. The van der Waals surface area contributed by atoms with Gasteiger partial charge in [-0.25, -0.2) is 0 Å². The third-order valence-electron chi connectivity index (χ3n) is 5.30. The smallest absolute Gasteiger partial charge is 0.256 e. The van der Waals surface area contributed by atoms with Crippen molar-refractivity contribution < 1.29 is 33.6 Å². The van der Waals surface area contributed by atoms with Gasteiger partial charge in [0.25, 0.3) is 5.91 Å². The molecular formula is C22H35NO7. The van der Waals surface area contributed by atoms with Crippen molar-refractivity contribution in [2.45, 2.75) is 63.8 Å². The highest BCUT2D eigenvalue weighted by atomic mass is 16.6. The molecule has 1 fully saturated rings. The van der Waals surface area contributed by atoms with Crippen molar-refractivity contribution in [3.05, 3.63) is 12.1 Å². The zero-order valence-corrected chi connectivity index (χ0v) is 18.7. The lowest BCUT2D eigenvalue weighted by atomic mass is 9.90. The predicted octanol–water partition coefficient (Wildman–Crippen LogP) is 3.16. The summed E-state index contributed by atoms with van der Waals surface area (Å²) < 4.78 is 27.7. The molecule has 1 heterocycles. The van der Waals surface area contributed by atoms with Gasteiger partial charge in [-0.05, 0) is 12.8 Å². The van der Waals surface area contributed by atoms with Gasteiger partial charge in [-0.15, -0.1) is 0 Å². The fourth-order valence-corrected chi connectivity index (χ4v) is 3.52. The number of ether oxygens (including phenoxy) is 5. The molecule has 0 aromatic heterocycles. The van der Waals surface area contributed by atoms with Crippen LogP contribution in [0.25, 0.3) is 0 Å². The Bertz CT molecular complexity index is 671. The Balaban J connectivity index is 2.25. The van der Waals surface area contributed by atoms with E-state index in [1.807, 2.05) is 0 Å². The van der Waals surface area contributed by atoms with Crippen LogP contribution < -0.4 is 19.5 Å². The molecule has 0 saturated carbocycles. The number of nitrogens with one attached hydrogen (secondary N) is 1. The second kappa shape index (κ2) is 11.4. The molecule has 1 aliphatic heterocycles. The SMILES string of the molecule is CCCCO[C@H]1[C@@H](C(=O)Nc2c(OC)cc(OC)cc2OC)OC[C@@]1(O)CCCC. The molecule has 0 unspecified atom stereocenters. The normalized spacial score (nSPS) is 23.3. The summed E-state index contributed by atoms with van der Waals surface area (Å²) in [4.78, 5) is 13.1. The van der Waals surface area contributed by atoms with Crippen LogP contribution in [0.5, 0.6) is 17.2 Å². The minimum Gasteiger partial charge on any atom is -0.496 e. The first-order chi connectivity index (χ1) is 14.4. The lowest BCUT2D eigenvalue weighted by Gasteiger charge is -2.30. The molecule has 1 amide bonds. The summed E-state index contributed by atoms with van der Waals surface area (Å²) in [5.74, 6) is 0.892. The predicted molar refractivity (Wildman–Crippen MR) is 114 cm³/mol. The van der Waals surface area contributed by atoms with Crippen molar-refractivity contribution in [3.63, 3.8) is 0 Å². The molecular weight excluding hydrogens is 390 g/mol. The van der Waals surface area contributed by atoms with Crippen LogP contribution >= 0.6 is 0 Å². The van der Waals surface area contributed by atoms with E-state index in [0.29, 0.717) is 36.0 Å². The zero-order valence-electron chi connectivity index (χ0n) is 18.7. The van der Waals surface area contributed by atoms with Crippen LogP contribution in [0.1, 0.15) is 46.0 Å². The molecule has 170 valence electrons. The monoisotopic (exact) mass is 425 g/mol. The van der Waals surface area contributed by atoms with E-state index in [-0.39, 0.29) is 6.61 Å². The van der Waals surface area contributed by atoms with E-state index in [1.165, 1.54) is 21.3 Å². The maximum atomic E-state index is 13.1. The number of rotatable bonds is 12. The van der Waals surface area contributed by atoms with Gasteiger partial charge in [-0.3, -0.25) is 4.79 Å². The van der Waals surface area contributed by atoms with E-state index in [0.717, 1.165) is 25.7 Å². The maximum absolute atomic E-state index is 13.1. The van der Waals surface area contributed by atoms with Crippen LogP contribution in [0, 0.1) is 0 Å². The highest BCUT2D eigenvalue weighted by molar-refractivity contribution is 5.98. The fourth-order valence-electron chi connectivity index (χ4n) is 3.52. The van der Waals surface area contributed by atoms with Crippen LogP contribution in [0.4, 0.5) is 5.69 Å². The van der Waals surface area contributed by atoms with E-state index >= 15 is 0 Å². The minimum atomic E-state index is -1.19. The number of carbonyl (C=O) groups excluding carboxylic acids is 1. The molecule has 30 heavy (non-hydrogen) atoms. The molecule has 0 bridgehead atoms. The highest BCUT2D eigenvalue weighted by Crippen LogP contribution is 2.40. The summed E-state index contributed by atoms with van der Waals surface area (Å²) in [5, 5.41) is 14.0. The Hall–Kier alpha value is -2.03. The van der Waals surface area contributed by atoms with E-state index in [9.17, 15) is 9.90 Å². The van der Waals surface area contributed by atoms with Crippen molar-refractivity contribution in [1.82, 2.24) is 0 Å². The largest absolute Gasteiger partial charge is 0.496 e. The van der Waals surface area contributed by atoms with Gasteiger partial charge in [-0.2, -0.15) is 0 Å². The molecule has 2 N–H and O–H groups in total. The number of anilines is 1. The maximum Gasteiger partial charge on any atom is 0.256 e. The first-order valence-electron chi connectivity index (χ1n) is 10.5. The summed E-state index contributed by atoms with van der Waals surface area (Å²) >= 11 is 0. The van der Waals surface area contributed by atoms with Crippen LogP contribution in [-0.4, -0.2) is 63.4 Å². The Morgan fingerprint density at radius 1 is 1.13 bits per heavy atom. The van der Waals surface area contributed by atoms with Crippen molar-refractivity contribution in [3.8, 4) is 17.2 Å². The van der Waals surface area contributed by atoms with E-state index in [4.69, 9.17) is 23.7 Å². The summed E-state index contributed by atoms with van der Waals surface area (Å²) in [5.41, 5.74) is -0.828. The minimum absolute atomic E-state index is 0.0543. The highest BCUT2D eigenvalue weighted by Gasteiger charge is 2.52. The third-order valence-corrected chi connectivity index (χ3v) is 5.30. The van der Waals surface area contributed by atoms with Gasteiger partial charge >= 0.3 is 0 Å². The molecule has 1 aliphatic rings. The van der Waals surface area contributed by atoms with E-state index in [1.54, 1.807) is 12.1 Å². The Morgan fingerprint density at radius 2 is 1.77 bits per heavy atom. The number of hydrogen-bond acceptors (Lipinski definition) is 7.